The quantitative estimate of drug-likeness (QED) is 0.0921. The van der Waals surface area contributed by atoms with E-state index in [1.165, 1.54) is 45.0 Å². The number of aromatic hydroxyl groups is 2. The van der Waals surface area contributed by atoms with Gasteiger partial charge in [-0.3, -0.25) is 4.79 Å². The summed E-state index contributed by atoms with van der Waals surface area (Å²) >= 11 is 0. The zero-order chi connectivity index (χ0) is 45.1. The van der Waals surface area contributed by atoms with Gasteiger partial charge in [-0.2, -0.15) is 0 Å². The lowest BCUT2D eigenvalue weighted by Gasteiger charge is -2.46. The lowest BCUT2D eigenvalue weighted by Crippen LogP contribution is -2.64. The van der Waals surface area contributed by atoms with Crippen LogP contribution in [0.2, 0.25) is 0 Å². The van der Waals surface area contributed by atoms with E-state index in [0.29, 0.717) is 0 Å². The number of aliphatic hydroxyl groups excluding tert-OH is 11. The van der Waals surface area contributed by atoms with Crippen LogP contribution >= 0.6 is 0 Å². The Balaban J connectivity index is 1.15. The van der Waals surface area contributed by atoms with E-state index in [1.807, 2.05) is 0 Å². The first-order valence-corrected chi connectivity index (χ1v) is 19.6. The zero-order valence-corrected chi connectivity index (χ0v) is 33.1. The molecule has 62 heavy (non-hydrogen) atoms. The number of hydrogen-bond donors (Lipinski definition) is 13. The summed E-state index contributed by atoms with van der Waals surface area (Å²) in [6.45, 7) is 3.49. The van der Waals surface area contributed by atoms with Crippen LogP contribution in [-0.2, 0) is 28.4 Å². The number of hydrogen-bond acceptors (Lipinski definition) is 23. The Labute approximate surface area is 350 Å². The number of ether oxygens (including phenoxy) is 8. The van der Waals surface area contributed by atoms with E-state index in [0.717, 1.165) is 12.1 Å². The molecule has 0 spiro atoms. The highest BCUT2D eigenvalue weighted by atomic mass is 16.8. The van der Waals surface area contributed by atoms with Crippen molar-refractivity contribution in [2.24, 2.45) is 0 Å². The maximum absolute atomic E-state index is 14.2. The third-order valence-corrected chi connectivity index (χ3v) is 11.3. The van der Waals surface area contributed by atoms with Gasteiger partial charge in [0.05, 0.1) is 24.9 Å². The monoisotopic (exact) mass is 886 g/mol. The van der Waals surface area contributed by atoms with Crippen LogP contribution in [0.25, 0.3) is 22.3 Å². The number of benzene rings is 2. The van der Waals surface area contributed by atoms with Crippen molar-refractivity contribution in [2.45, 2.75) is 144 Å². The van der Waals surface area contributed by atoms with Crippen LogP contribution < -0.4 is 14.9 Å². The molecule has 4 saturated heterocycles. The predicted octanol–water partition coefficient (Wildman–Crippen LogP) is -4.04. The van der Waals surface area contributed by atoms with Crippen molar-refractivity contribution in [1.82, 2.24) is 0 Å². The van der Waals surface area contributed by atoms with Crippen molar-refractivity contribution in [2.75, 3.05) is 6.61 Å². The average Bonchev–Trinajstić information content (AvgIpc) is 3.23. The Bertz CT molecular complexity index is 2070. The fourth-order valence-electron chi connectivity index (χ4n) is 7.50. The first-order chi connectivity index (χ1) is 29.3. The first-order valence-electron chi connectivity index (χ1n) is 19.6. The number of fused-ring (bicyclic) bond motifs is 1. The smallest absolute Gasteiger partial charge is 0.239 e. The second-order valence-electron chi connectivity index (χ2n) is 15.7. The van der Waals surface area contributed by atoms with Gasteiger partial charge in [-0.15, -0.1) is 0 Å². The molecular formula is C39H50O23. The van der Waals surface area contributed by atoms with Crippen molar-refractivity contribution in [3.05, 3.63) is 46.6 Å². The maximum atomic E-state index is 14.2. The molecule has 0 aliphatic carbocycles. The standard InChI is InChI=1S/C39H50O23/c1-11-21(42)26(47)30(51)36(55-11)58-16-8-17(41)20-18(9-16)59-33(14-4-6-15(40)7-5-14)34(25(20)46)61-38-32(53)28(49)24(45)19(60-38)10-54-39-35(29(50)23(44)13(3)57-39)62-37-31(52)27(48)22(43)12(2)56-37/h4-9,11-13,19,21-24,26-32,35-45,47-53H,10H2,1-3H3/t11-,12-,13-,19+,21-,22-,23-,24+,26+,27+,28-,29+,30+,31+,32+,35+,36-,37-,38-,39+/m0/s1. The molecule has 344 valence electrons. The molecule has 3 aromatic rings. The number of aliphatic hydroxyl groups is 11. The molecule has 20 atom stereocenters. The highest BCUT2D eigenvalue weighted by Crippen LogP contribution is 2.39. The van der Waals surface area contributed by atoms with Crippen molar-refractivity contribution in [1.29, 1.82) is 0 Å². The number of rotatable bonds is 10. The van der Waals surface area contributed by atoms with Crippen molar-refractivity contribution in [3.63, 3.8) is 0 Å². The summed E-state index contributed by atoms with van der Waals surface area (Å²) in [7, 11) is 0. The van der Waals surface area contributed by atoms with Crippen LogP contribution in [0, 0.1) is 0 Å². The molecule has 2 aromatic carbocycles. The molecular weight excluding hydrogens is 836 g/mol. The summed E-state index contributed by atoms with van der Waals surface area (Å²) in [4.78, 5) is 14.2. The second kappa shape index (κ2) is 18.3. The first kappa shape index (κ1) is 46.2. The van der Waals surface area contributed by atoms with Gasteiger partial charge >= 0.3 is 0 Å². The fraction of sp³-hybridized carbons (Fsp3) is 0.615. The predicted molar refractivity (Wildman–Crippen MR) is 201 cm³/mol. The molecule has 0 saturated carbocycles. The summed E-state index contributed by atoms with van der Waals surface area (Å²) < 4.78 is 51.6. The summed E-state index contributed by atoms with van der Waals surface area (Å²) in [5.41, 5.74) is -1.27. The van der Waals surface area contributed by atoms with Gasteiger partial charge in [-0.05, 0) is 45.0 Å². The van der Waals surface area contributed by atoms with E-state index in [-0.39, 0.29) is 28.4 Å². The fourth-order valence-corrected chi connectivity index (χ4v) is 7.50. The van der Waals surface area contributed by atoms with Crippen molar-refractivity contribution >= 4 is 11.0 Å². The molecule has 4 aliphatic heterocycles. The molecule has 1 aromatic heterocycles. The maximum Gasteiger partial charge on any atom is 0.239 e. The minimum Gasteiger partial charge on any atom is -0.508 e. The Morgan fingerprint density at radius 3 is 1.69 bits per heavy atom. The van der Waals surface area contributed by atoms with Crippen LogP contribution in [-0.4, -0.2) is 196 Å². The summed E-state index contributed by atoms with van der Waals surface area (Å²) in [6.07, 6.45) is -32.2. The van der Waals surface area contributed by atoms with Gasteiger partial charge in [0.15, 0.2) is 18.3 Å². The number of phenolic OH excluding ortho intramolecular Hbond substituents is 2. The van der Waals surface area contributed by atoms with E-state index in [4.69, 9.17) is 42.3 Å². The van der Waals surface area contributed by atoms with Crippen molar-refractivity contribution in [3.8, 4) is 34.3 Å². The molecule has 7 rings (SSSR count). The van der Waals surface area contributed by atoms with E-state index in [2.05, 4.69) is 0 Å². The van der Waals surface area contributed by atoms with Gasteiger partial charge in [0, 0.05) is 17.7 Å². The van der Waals surface area contributed by atoms with E-state index < -0.39 is 152 Å². The highest BCUT2D eigenvalue weighted by Gasteiger charge is 2.51. The Morgan fingerprint density at radius 2 is 1.08 bits per heavy atom. The SMILES string of the molecule is C[C@@H]1O[C@@H](Oc2cc(O)c3c(=O)c(O[C@@H]4O[C@H](CO[C@@H]5O[C@@H](C)[C@H](O)[C@@H](O)[C@H]5O[C@@H]5O[C@@H](C)[C@H](O)[C@@H](O)[C@H]5O)[C@@H](O)[C@H](O)[C@H]4O)c(-c4ccc(O)cc4)oc3c2)[C@H](O)[C@H](O)[C@H]1O. The Hall–Kier alpha value is -3.83. The van der Waals surface area contributed by atoms with Gasteiger partial charge < -0.3 is 109 Å². The molecule has 23 heteroatoms. The molecule has 0 bridgehead atoms. The molecule has 0 radical (unpaired) electrons. The minimum atomic E-state index is -2.06. The second-order valence-corrected chi connectivity index (χ2v) is 15.7. The highest BCUT2D eigenvalue weighted by molar-refractivity contribution is 5.88. The largest absolute Gasteiger partial charge is 0.508 e. The van der Waals surface area contributed by atoms with Gasteiger partial charge in [0.1, 0.15) is 108 Å². The van der Waals surface area contributed by atoms with E-state index in [1.54, 1.807) is 0 Å². The normalized spacial score (nSPS) is 41.5. The molecule has 4 fully saturated rings. The summed E-state index contributed by atoms with van der Waals surface area (Å²) in [6, 6.07) is 7.27. The third-order valence-electron chi connectivity index (χ3n) is 11.3. The molecule has 4 aliphatic rings. The van der Waals surface area contributed by atoms with E-state index >= 15 is 0 Å². The minimum absolute atomic E-state index is 0.101. The summed E-state index contributed by atoms with van der Waals surface area (Å²) in [5.74, 6) is -2.19. The topological polar surface area (TPSA) is 367 Å². The van der Waals surface area contributed by atoms with Crippen molar-refractivity contribution < 1.29 is 109 Å². The Kier molecular flexibility index (Phi) is 13.7. The number of phenols is 2. The zero-order valence-electron chi connectivity index (χ0n) is 33.1. The van der Waals surface area contributed by atoms with Gasteiger partial charge in [0.25, 0.3) is 0 Å². The lowest BCUT2D eigenvalue weighted by atomic mass is 9.97. The summed E-state index contributed by atoms with van der Waals surface area (Å²) in [5, 5.41) is 137. The van der Waals surface area contributed by atoms with E-state index in [9.17, 15) is 71.2 Å². The lowest BCUT2D eigenvalue weighted by molar-refractivity contribution is -0.367. The molecule has 0 amide bonds. The third kappa shape index (κ3) is 8.83. The van der Waals surface area contributed by atoms with Crippen LogP contribution in [0.1, 0.15) is 20.8 Å². The van der Waals surface area contributed by atoms with Gasteiger partial charge in [0.2, 0.25) is 23.8 Å². The van der Waals surface area contributed by atoms with Gasteiger partial charge in [-0.25, -0.2) is 0 Å². The van der Waals surface area contributed by atoms with Crippen LogP contribution in [0.3, 0.4) is 0 Å². The molecule has 5 heterocycles. The average molecular weight is 887 g/mol. The van der Waals surface area contributed by atoms with Crippen LogP contribution in [0.5, 0.6) is 23.0 Å². The molecule has 23 nitrogen and oxygen atoms in total. The van der Waals surface area contributed by atoms with Gasteiger partial charge in [-0.1, -0.05) is 0 Å². The molecule has 0 unspecified atom stereocenters. The van der Waals surface area contributed by atoms with Crippen LogP contribution in [0.4, 0.5) is 0 Å². The Morgan fingerprint density at radius 1 is 0.565 bits per heavy atom. The molecule has 13 N–H and O–H groups in total. The van der Waals surface area contributed by atoms with Crippen LogP contribution in [0.15, 0.2) is 45.6 Å².